The van der Waals surface area contributed by atoms with Gasteiger partial charge in [0.15, 0.2) is 23.1 Å². The number of hydrogen-bond acceptors (Lipinski definition) is 4. The number of phenolic OH excluding ortho intramolecular Hbond substituents is 1. The number of ketones is 2. The Morgan fingerprint density at radius 3 is 2.73 bits per heavy atom. The van der Waals surface area contributed by atoms with Gasteiger partial charge in [-0.2, -0.15) is 0 Å². The van der Waals surface area contributed by atoms with E-state index in [1.54, 1.807) is 18.2 Å². The zero-order valence-corrected chi connectivity index (χ0v) is 17.7. The molecular weight excluding hydrogens is 487 g/mol. The zero-order chi connectivity index (χ0) is 19.2. The molecule has 2 aliphatic carbocycles. The molecule has 136 valence electrons. The minimum atomic E-state index is -1.16. The zero-order valence-electron chi connectivity index (χ0n) is 13.8. The third kappa shape index (κ3) is 2.79. The number of rotatable bonds is 3. The van der Waals surface area contributed by atoms with Gasteiger partial charge in [-0.05, 0) is 45.6 Å². The molecule has 0 saturated heterocycles. The van der Waals surface area contributed by atoms with Crippen LogP contribution in [0.15, 0.2) is 47.0 Å². The number of Topliss-reactive ketones (excluding diaryl/α,β-unsaturated/α-hetero) is 1. The first-order valence-corrected chi connectivity index (χ1v) is 9.75. The van der Waals surface area contributed by atoms with Crippen molar-refractivity contribution in [2.75, 3.05) is 7.11 Å². The highest BCUT2D eigenvalue weighted by Crippen LogP contribution is 2.55. The van der Waals surface area contributed by atoms with E-state index in [-0.39, 0.29) is 32.6 Å². The molecule has 0 amide bonds. The van der Waals surface area contributed by atoms with Gasteiger partial charge >= 0.3 is 0 Å². The van der Waals surface area contributed by atoms with Crippen LogP contribution in [0.3, 0.4) is 0 Å². The number of ether oxygens (including phenoxy) is 1. The minimum Gasteiger partial charge on any atom is -0.503 e. The van der Waals surface area contributed by atoms with Crippen molar-refractivity contribution >= 4 is 55.0 Å². The summed E-state index contributed by atoms with van der Waals surface area (Å²) in [7, 11) is 1.42. The fourth-order valence-electron chi connectivity index (χ4n) is 3.61. The van der Waals surface area contributed by atoms with Crippen LogP contribution in [0.2, 0.25) is 5.02 Å². The highest BCUT2D eigenvalue weighted by Gasteiger charge is 2.56. The molecule has 1 aromatic carbocycles. The van der Waals surface area contributed by atoms with Crippen molar-refractivity contribution in [2.24, 2.45) is 5.92 Å². The van der Waals surface area contributed by atoms with E-state index < -0.39 is 16.2 Å². The Morgan fingerprint density at radius 2 is 2.12 bits per heavy atom. The number of halogens is 3. The molecule has 1 N–H and O–H groups in total. The number of phenols is 1. The summed E-state index contributed by atoms with van der Waals surface area (Å²) < 4.78 is 4.31. The van der Waals surface area contributed by atoms with Gasteiger partial charge in [0.25, 0.3) is 0 Å². The normalized spacial score (nSPS) is 28.2. The van der Waals surface area contributed by atoms with Crippen molar-refractivity contribution in [3.8, 4) is 11.5 Å². The number of methoxy groups -OCH3 is 1. The van der Waals surface area contributed by atoms with E-state index in [0.29, 0.717) is 12.0 Å². The van der Waals surface area contributed by atoms with Gasteiger partial charge < -0.3 is 9.84 Å². The van der Waals surface area contributed by atoms with Gasteiger partial charge in [-0.25, -0.2) is 0 Å². The van der Waals surface area contributed by atoms with Gasteiger partial charge in [0, 0.05) is 12.0 Å². The molecule has 0 heterocycles. The Morgan fingerprint density at radius 1 is 1.42 bits per heavy atom. The lowest BCUT2D eigenvalue weighted by atomic mass is 9.64. The molecule has 3 atom stereocenters. The van der Waals surface area contributed by atoms with Crippen LogP contribution in [0.25, 0.3) is 0 Å². The van der Waals surface area contributed by atoms with E-state index in [1.165, 1.54) is 13.2 Å². The molecule has 26 heavy (non-hydrogen) atoms. The minimum absolute atomic E-state index is 0.104. The molecular formula is C19H15Br2ClO4. The third-order valence-corrected chi connectivity index (χ3v) is 7.19. The van der Waals surface area contributed by atoms with Crippen molar-refractivity contribution in [3.05, 3.63) is 57.6 Å². The summed E-state index contributed by atoms with van der Waals surface area (Å²) in [5.41, 5.74) is 1.44. The second kappa shape index (κ2) is 6.98. The lowest BCUT2D eigenvalue weighted by Gasteiger charge is -2.45. The average molecular weight is 503 g/mol. The molecule has 0 spiro atoms. The van der Waals surface area contributed by atoms with E-state index >= 15 is 0 Å². The summed E-state index contributed by atoms with van der Waals surface area (Å²) in [6.45, 7) is 3.85. The van der Waals surface area contributed by atoms with Gasteiger partial charge in [0.1, 0.15) is 4.32 Å². The van der Waals surface area contributed by atoms with Crippen molar-refractivity contribution in [3.63, 3.8) is 0 Å². The lowest BCUT2D eigenvalue weighted by Crippen LogP contribution is -2.52. The van der Waals surface area contributed by atoms with E-state index in [0.717, 1.165) is 5.57 Å². The van der Waals surface area contributed by atoms with Gasteiger partial charge in [-0.1, -0.05) is 46.3 Å². The van der Waals surface area contributed by atoms with Crippen LogP contribution in [-0.2, 0) is 9.59 Å². The topological polar surface area (TPSA) is 63.6 Å². The second-order valence-corrected chi connectivity index (χ2v) is 8.75. The molecule has 0 radical (unpaired) electrons. The molecule has 0 unspecified atom stereocenters. The standard InChI is InChI=1S/C19H15Br2ClO4/c1-3-9-4-5-11-17(24)12(20)8-15(23)19(11,21)16(9)10-6-13(22)18(25)14(7-10)26-2/h3-4,6-8,11,16,25H,1,5H2,2H3/t11-,16+,19+/m0/s1. The largest absolute Gasteiger partial charge is 0.503 e. The van der Waals surface area contributed by atoms with Crippen molar-refractivity contribution in [1.82, 2.24) is 0 Å². The summed E-state index contributed by atoms with van der Waals surface area (Å²) in [5.74, 6) is -1.41. The molecule has 0 bridgehead atoms. The van der Waals surface area contributed by atoms with Crippen LogP contribution in [0.4, 0.5) is 0 Å². The quantitative estimate of drug-likeness (QED) is 0.602. The van der Waals surface area contributed by atoms with Crippen LogP contribution in [0.1, 0.15) is 17.9 Å². The van der Waals surface area contributed by atoms with E-state index in [4.69, 9.17) is 16.3 Å². The lowest BCUT2D eigenvalue weighted by molar-refractivity contribution is -0.127. The molecule has 0 aliphatic heterocycles. The highest BCUT2D eigenvalue weighted by molar-refractivity contribution is 9.12. The highest BCUT2D eigenvalue weighted by atomic mass is 79.9. The molecule has 2 aliphatic rings. The summed E-state index contributed by atoms with van der Waals surface area (Å²) in [5, 5.41) is 10.1. The first-order chi connectivity index (χ1) is 12.2. The first-order valence-electron chi connectivity index (χ1n) is 7.79. The molecule has 3 rings (SSSR count). The maximum Gasteiger partial charge on any atom is 0.176 e. The van der Waals surface area contributed by atoms with Crippen molar-refractivity contribution < 1.29 is 19.4 Å². The van der Waals surface area contributed by atoms with Crippen molar-refractivity contribution in [1.29, 1.82) is 0 Å². The van der Waals surface area contributed by atoms with Gasteiger partial charge in [-0.3, -0.25) is 9.59 Å². The number of carbonyl (C=O) groups is 2. The van der Waals surface area contributed by atoms with Crippen molar-refractivity contribution in [2.45, 2.75) is 16.7 Å². The molecule has 4 nitrogen and oxygen atoms in total. The van der Waals surface area contributed by atoms with Gasteiger partial charge in [-0.15, -0.1) is 0 Å². The maximum absolute atomic E-state index is 13.0. The number of aromatic hydroxyl groups is 1. The van der Waals surface area contributed by atoms with Gasteiger partial charge in [0.05, 0.1) is 22.5 Å². The average Bonchev–Trinajstić information content (AvgIpc) is 2.61. The Kier molecular flexibility index (Phi) is 5.21. The predicted octanol–water partition coefficient (Wildman–Crippen LogP) is 4.83. The Hall–Kier alpha value is -1.37. The van der Waals surface area contributed by atoms with Crippen LogP contribution < -0.4 is 4.74 Å². The van der Waals surface area contributed by atoms with E-state index in [9.17, 15) is 14.7 Å². The SMILES string of the molecule is C=CC1=CC[C@H]2C(=O)C(Br)=CC(=O)[C@@]2(Br)[C@H]1c1cc(Cl)c(O)c(OC)c1. The smallest absolute Gasteiger partial charge is 0.176 e. The fourth-order valence-corrected chi connectivity index (χ4v) is 5.36. The van der Waals surface area contributed by atoms with E-state index in [1.807, 2.05) is 6.08 Å². The van der Waals surface area contributed by atoms with Crippen LogP contribution in [0, 0.1) is 5.92 Å². The Labute approximate surface area is 172 Å². The maximum atomic E-state index is 13.0. The third-order valence-electron chi connectivity index (χ3n) is 4.88. The molecule has 7 heteroatoms. The molecule has 0 fully saturated rings. The Bertz CT molecular complexity index is 890. The number of benzene rings is 1. The summed E-state index contributed by atoms with van der Waals surface area (Å²) in [4.78, 5) is 25.7. The number of alkyl halides is 1. The number of fused-ring (bicyclic) bond motifs is 1. The molecule has 0 aromatic heterocycles. The number of hydrogen-bond donors (Lipinski definition) is 1. The van der Waals surface area contributed by atoms with E-state index in [2.05, 4.69) is 38.4 Å². The fraction of sp³-hybridized carbons (Fsp3) is 0.263. The summed E-state index contributed by atoms with van der Waals surface area (Å²) >= 11 is 13.0. The Balaban J connectivity index is 2.26. The van der Waals surface area contributed by atoms with Crippen LogP contribution in [-0.4, -0.2) is 28.1 Å². The van der Waals surface area contributed by atoms with Crippen LogP contribution in [0.5, 0.6) is 11.5 Å². The summed E-state index contributed by atoms with van der Waals surface area (Å²) in [6, 6.07) is 3.21. The van der Waals surface area contributed by atoms with Crippen LogP contribution >= 0.6 is 43.5 Å². The molecule has 1 aromatic rings. The number of allylic oxidation sites excluding steroid dienone is 5. The summed E-state index contributed by atoms with van der Waals surface area (Å²) in [6.07, 6.45) is 5.31. The first kappa shape index (κ1) is 19.4. The predicted molar refractivity (Wildman–Crippen MR) is 107 cm³/mol. The monoisotopic (exact) mass is 500 g/mol. The second-order valence-electron chi connectivity index (χ2n) is 6.17. The van der Waals surface area contributed by atoms with Gasteiger partial charge in [0.2, 0.25) is 0 Å². The molecule has 0 saturated carbocycles. The number of carbonyl (C=O) groups excluding carboxylic acids is 2.